The van der Waals surface area contributed by atoms with Crippen molar-refractivity contribution in [2.24, 2.45) is 5.73 Å². The van der Waals surface area contributed by atoms with Crippen molar-refractivity contribution in [1.29, 1.82) is 0 Å². The van der Waals surface area contributed by atoms with Gasteiger partial charge < -0.3 is 5.73 Å². The Morgan fingerprint density at radius 3 is 2.93 bits per heavy atom. The van der Waals surface area contributed by atoms with Gasteiger partial charge in [-0.15, -0.1) is 0 Å². The molecule has 0 aliphatic carbocycles. The van der Waals surface area contributed by atoms with Gasteiger partial charge in [0.15, 0.2) is 11.5 Å². The summed E-state index contributed by atoms with van der Waals surface area (Å²) in [6.07, 6.45) is 1.90. The molecule has 0 aliphatic heterocycles. The summed E-state index contributed by atoms with van der Waals surface area (Å²) in [6.45, 7) is 4.71. The highest BCUT2D eigenvalue weighted by Gasteiger charge is 2.06. The van der Waals surface area contributed by atoms with Gasteiger partial charge in [-0.25, -0.2) is 9.50 Å². The van der Waals surface area contributed by atoms with Crippen molar-refractivity contribution in [3.8, 4) is 0 Å². The number of fused-ring (bicyclic) bond motifs is 1. The third-order valence-corrected chi connectivity index (χ3v) is 2.17. The Bertz CT molecular complexity index is 444. The molecule has 0 radical (unpaired) electrons. The van der Waals surface area contributed by atoms with Crippen molar-refractivity contribution in [3.63, 3.8) is 0 Å². The Balaban J connectivity index is 2.54. The summed E-state index contributed by atoms with van der Waals surface area (Å²) in [7, 11) is 0. The maximum atomic E-state index is 5.55. The van der Waals surface area contributed by atoms with Gasteiger partial charge in [-0.3, -0.25) is 0 Å². The lowest BCUT2D eigenvalue weighted by Crippen LogP contribution is -1.97. The van der Waals surface area contributed by atoms with E-state index in [9.17, 15) is 0 Å². The van der Waals surface area contributed by atoms with E-state index in [0.717, 1.165) is 17.0 Å². The molecule has 4 heteroatoms. The van der Waals surface area contributed by atoms with Gasteiger partial charge in [0.2, 0.25) is 0 Å². The molecule has 0 amide bonds. The van der Waals surface area contributed by atoms with Gasteiger partial charge in [-0.2, -0.15) is 5.10 Å². The molecule has 2 aromatic heterocycles. The van der Waals surface area contributed by atoms with Gasteiger partial charge in [0.05, 0.1) is 0 Å². The van der Waals surface area contributed by atoms with Crippen molar-refractivity contribution in [3.05, 3.63) is 29.7 Å². The lowest BCUT2D eigenvalue weighted by Gasteiger charge is -1.95. The molecule has 2 rings (SSSR count). The van der Waals surface area contributed by atoms with E-state index in [1.54, 1.807) is 4.52 Å². The Hall–Kier alpha value is -1.42. The Morgan fingerprint density at radius 1 is 1.50 bits per heavy atom. The number of rotatable bonds is 2. The number of hydrogen-bond donors (Lipinski definition) is 1. The van der Waals surface area contributed by atoms with Crippen molar-refractivity contribution in [2.75, 3.05) is 0 Å². The number of nitrogens with zero attached hydrogens (tertiary/aromatic N) is 3. The second kappa shape index (κ2) is 3.38. The molecular formula is C10H14N4. The van der Waals surface area contributed by atoms with Crippen LogP contribution in [0.15, 0.2) is 18.3 Å². The van der Waals surface area contributed by atoms with E-state index in [-0.39, 0.29) is 0 Å². The fraction of sp³-hybridized carbons (Fsp3) is 0.400. The standard InChI is InChI=1S/C10H14N4/c1-7(2)10-12-9-5-8(6-11)3-4-14(9)13-10/h3-5,7H,6,11H2,1-2H3. The average Bonchev–Trinajstić information content (AvgIpc) is 2.59. The lowest BCUT2D eigenvalue weighted by atomic mass is 10.2. The van der Waals surface area contributed by atoms with Crippen molar-refractivity contribution in [2.45, 2.75) is 26.3 Å². The third-order valence-electron chi connectivity index (χ3n) is 2.17. The minimum Gasteiger partial charge on any atom is -0.326 e. The first-order valence-corrected chi connectivity index (χ1v) is 4.76. The van der Waals surface area contributed by atoms with Crippen LogP contribution in [0.3, 0.4) is 0 Å². The number of pyridine rings is 1. The van der Waals surface area contributed by atoms with Crippen LogP contribution < -0.4 is 5.73 Å². The molecule has 74 valence electrons. The number of aromatic nitrogens is 3. The monoisotopic (exact) mass is 190 g/mol. The van der Waals surface area contributed by atoms with Crippen LogP contribution in [-0.2, 0) is 6.54 Å². The molecule has 0 unspecified atom stereocenters. The second-order valence-electron chi connectivity index (χ2n) is 3.67. The molecule has 2 N–H and O–H groups in total. The fourth-order valence-corrected chi connectivity index (χ4v) is 1.31. The molecule has 14 heavy (non-hydrogen) atoms. The van der Waals surface area contributed by atoms with Crippen molar-refractivity contribution < 1.29 is 0 Å². The highest BCUT2D eigenvalue weighted by molar-refractivity contribution is 5.40. The highest BCUT2D eigenvalue weighted by Crippen LogP contribution is 2.11. The molecule has 4 nitrogen and oxygen atoms in total. The first-order valence-electron chi connectivity index (χ1n) is 4.76. The summed E-state index contributed by atoms with van der Waals surface area (Å²) in [5, 5.41) is 4.35. The molecular weight excluding hydrogens is 176 g/mol. The van der Waals surface area contributed by atoms with Gasteiger partial charge in [0, 0.05) is 18.7 Å². The zero-order valence-corrected chi connectivity index (χ0v) is 8.44. The van der Waals surface area contributed by atoms with Crippen LogP contribution >= 0.6 is 0 Å². The minimum absolute atomic E-state index is 0.358. The zero-order chi connectivity index (χ0) is 10.1. The molecule has 0 saturated carbocycles. The largest absolute Gasteiger partial charge is 0.326 e. The summed E-state index contributed by atoms with van der Waals surface area (Å²) >= 11 is 0. The van der Waals surface area contributed by atoms with Gasteiger partial charge in [-0.05, 0) is 17.7 Å². The summed E-state index contributed by atoms with van der Waals surface area (Å²) in [4.78, 5) is 4.42. The maximum absolute atomic E-state index is 5.55. The predicted octanol–water partition coefficient (Wildman–Crippen LogP) is 1.31. The van der Waals surface area contributed by atoms with Crippen LogP contribution in [0.4, 0.5) is 0 Å². The Kier molecular flexibility index (Phi) is 2.21. The quantitative estimate of drug-likeness (QED) is 0.776. The molecule has 0 saturated heterocycles. The van der Waals surface area contributed by atoms with Crippen LogP contribution in [-0.4, -0.2) is 14.6 Å². The topological polar surface area (TPSA) is 56.2 Å². The SMILES string of the molecule is CC(C)c1nc2cc(CN)ccn2n1. The van der Waals surface area contributed by atoms with E-state index in [4.69, 9.17) is 5.73 Å². The van der Waals surface area contributed by atoms with Gasteiger partial charge in [0.1, 0.15) is 0 Å². The molecule has 2 heterocycles. The molecule has 0 aliphatic rings. The van der Waals surface area contributed by atoms with Gasteiger partial charge >= 0.3 is 0 Å². The van der Waals surface area contributed by atoms with Gasteiger partial charge in [-0.1, -0.05) is 13.8 Å². The molecule has 0 fully saturated rings. The zero-order valence-electron chi connectivity index (χ0n) is 8.44. The Morgan fingerprint density at radius 2 is 2.29 bits per heavy atom. The van der Waals surface area contributed by atoms with Crippen molar-refractivity contribution >= 4 is 5.65 Å². The normalized spacial score (nSPS) is 11.4. The summed E-state index contributed by atoms with van der Waals surface area (Å²) in [5.41, 5.74) is 7.51. The fourth-order valence-electron chi connectivity index (χ4n) is 1.31. The predicted molar refractivity (Wildman–Crippen MR) is 55.0 cm³/mol. The van der Waals surface area contributed by atoms with Crippen LogP contribution in [0.2, 0.25) is 0 Å². The molecule has 2 aromatic rings. The van der Waals surface area contributed by atoms with Crippen LogP contribution in [0.1, 0.15) is 31.2 Å². The van der Waals surface area contributed by atoms with Crippen LogP contribution in [0, 0.1) is 0 Å². The molecule has 0 atom stereocenters. The van der Waals surface area contributed by atoms with E-state index in [0.29, 0.717) is 12.5 Å². The summed E-state index contributed by atoms with van der Waals surface area (Å²) in [5.74, 6) is 1.23. The van der Waals surface area contributed by atoms with E-state index in [1.165, 1.54) is 0 Å². The second-order valence-corrected chi connectivity index (χ2v) is 3.67. The molecule has 0 aromatic carbocycles. The van der Waals surface area contributed by atoms with Crippen LogP contribution in [0.25, 0.3) is 5.65 Å². The van der Waals surface area contributed by atoms with E-state index in [1.807, 2.05) is 18.3 Å². The first-order chi connectivity index (χ1) is 6.70. The van der Waals surface area contributed by atoms with Crippen LogP contribution in [0.5, 0.6) is 0 Å². The van der Waals surface area contributed by atoms with E-state index >= 15 is 0 Å². The highest BCUT2D eigenvalue weighted by atomic mass is 15.3. The number of nitrogens with two attached hydrogens (primary N) is 1. The summed E-state index contributed by atoms with van der Waals surface area (Å²) < 4.78 is 1.79. The summed E-state index contributed by atoms with van der Waals surface area (Å²) in [6, 6.07) is 3.94. The van der Waals surface area contributed by atoms with E-state index in [2.05, 4.69) is 23.9 Å². The lowest BCUT2D eigenvalue weighted by molar-refractivity contribution is 0.765. The average molecular weight is 190 g/mol. The minimum atomic E-state index is 0.358. The smallest absolute Gasteiger partial charge is 0.155 e. The molecule has 0 spiro atoms. The molecule has 0 bridgehead atoms. The third kappa shape index (κ3) is 1.48. The maximum Gasteiger partial charge on any atom is 0.155 e. The number of hydrogen-bond acceptors (Lipinski definition) is 3. The first kappa shape index (κ1) is 9.15. The van der Waals surface area contributed by atoms with Crippen molar-refractivity contribution in [1.82, 2.24) is 14.6 Å². The Labute approximate surface area is 82.8 Å². The van der Waals surface area contributed by atoms with E-state index < -0.39 is 0 Å². The van der Waals surface area contributed by atoms with Gasteiger partial charge in [0.25, 0.3) is 0 Å².